The molecule has 1 heterocycles. The molecule has 0 bridgehead atoms. The number of halogens is 2. The number of methoxy groups -OCH3 is 1. The molecule has 0 radical (unpaired) electrons. The van der Waals surface area contributed by atoms with Crippen LogP contribution in [0.2, 0.25) is 5.02 Å². The highest BCUT2D eigenvalue weighted by Gasteiger charge is 2.10. The predicted octanol–water partition coefficient (Wildman–Crippen LogP) is 3.83. The lowest BCUT2D eigenvalue weighted by molar-refractivity contribution is -0.120. The topological polar surface area (TPSA) is 54.1 Å². The number of fused-ring (bicyclic) bond motifs is 1. The van der Waals surface area contributed by atoms with Gasteiger partial charge in [-0.3, -0.25) is 4.79 Å². The molecule has 2 N–H and O–H groups in total. The van der Waals surface area contributed by atoms with E-state index in [2.05, 4.69) is 10.3 Å². The van der Waals surface area contributed by atoms with Crippen LogP contribution in [0.4, 0.5) is 4.39 Å². The number of H-pyrrole nitrogens is 1. The molecule has 1 aromatic heterocycles. The summed E-state index contributed by atoms with van der Waals surface area (Å²) in [5.41, 5.74) is 2.58. The van der Waals surface area contributed by atoms with Crippen molar-refractivity contribution in [3.05, 3.63) is 64.6 Å². The second-order valence-corrected chi connectivity index (χ2v) is 5.83. The number of ether oxygens (including phenoxy) is 1. The Morgan fingerprint density at radius 3 is 2.88 bits per heavy atom. The van der Waals surface area contributed by atoms with Gasteiger partial charge in [-0.1, -0.05) is 17.7 Å². The number of hydrogen-bond donors (Lipinski definition) is 2. The summed E-state index contributed by atoms with van der Waals surface area (Å²) in [6, 6.07) is 10.1. The Labute approximate surface area is 143 Å². The average molecular weight is 347 g/mol. The van der Waals surface area contributed by atoms with Crippen molar-refractivity contribution in [1.82, 2.24) is 10.3 Å². The smallest absolute Gasteiger partial charge is 0.224 e. The summed E-state index contributed by atoms with van der Waals surface area (Å²) in [5, 5.41) is 3.81. The minimum absolute atomic E-state index is 0.0467. The molecule has 0 aliphatic carbocycles. The maximum Gasteiger partial charge on any atom is 0.224 e. The van der Waals surface area contributed by atoms with Crippen LogP contribution in [0.15, 0.2) is 42.6 Å². The van der Waals surface area contributed by atoms with E-state index in [9.17, 15) is 9.18 Å². The molecule has 124 valence electrons. The number of amides is 1. The van der Waals surface area contributed by atoms with E-state index in [1.165, 1.54) is 12.1 Å². The number of hydrogen-bond acceptors (Lipinski definition) is 2. The van der Waals surface area contributed by atoms with Gasteiger partial charge in [0.2, 0.25) is 5.91 Å². The molecule has 6 heteroatoms. The number of aromatic nitrogens is 1. The molecule has 0 unspecified atom stereocenters. The van der Waals surface area contributed by atoms with Gasteiger partial charge >= 0.3 is 0 Å². The lowest BCUT2D eigenvalue weighted by atomic mass is 10.1. The molecule has 0 saturated heterocycles. The third-order valence-electron chi connectivity index (χ3n) is 3.80. The van der Waals surface area contributed by atoms with Crippen LogP contribution < -0.4 is 10.1 Å². The lowest BCUT2D eigenvalue weighted by Crippen LogP contribution is -2.24. The molecule has 0 fully saturated rings. The fourth-order valence-corrected chi connectivity index (χ4v) is 2.72. The molecule has 2 aromatic carbocycles. The van der Waals surface area contributed by atoms with E-state index in [0.717, 1.165) is 27.8 Å². The SMILES string of the molecule is COc1ccc2[nH]cc(CC(=O)NCc3ccc(F)c(Cl)c3)c2c1. The van der Waals surface area contributed by atoms with Gasteiger partial charge in [0.25, 0.3) is 0 Å². The fourth-order valence-electron chi connectivity index (χ4n) is 2.52. The summed E-state index contributed by atoms with van der Waals surface area (Å²) in [5.74, 6) is 0.142. The summed E-state index contributed by atoms with van der Waals surface area (Å²) in [7, 11) is 1.61. The normalized spacial score (nSPS) is 10.8. The summed E-state index contributed by atoms with van der Waals surface area (Å²) in [6.45, 7) is 0.296. The molecular weight excluding hydrogens is 331 g/mol. The quantitative estimate of drug-likeness (QED) is 0.737. The second kappa shape index (κ2) is 6.93. The monoisotopic (exact) mass is 346 g/mol. The first-order chi connectivity index (χ1) is 11.6. The van der Waals surface area contributed by atoms with Gasteiger partial charge in [0.05, 0.1) is 18.6 Å². The number of nitrogens with one attached hydrogen (secondary N) is 2. The molecule has 0 atom stereocenters. The first kappa shape index (κ1) is 16.3. The molecule has 4 nitrogen and oxygen atoms in total. The fraction of sp³-hybridized carbons (Fsp3) is 0.167. The number of rotatable bonds is 5. The van der Waals surface area contributed by atoms with Crippen LogP contribution in [-0.2, 0) is 17.8 Å². The van der Waals surface area contributed by atoms with E-state index >= 15 is 0 Å². The lowest BCUT2D eigenvalue weighted by Gasteiger charge is -2.06. The minimum Gasteiger partial charge on any atom is -0.497 e. The molecule has 0 saturated carbocycles. The van der Waals surface area contributed by atoms with Crippen molar-refractivity contribution in [2.45, 2.75) is 13.0 Å². The third kappa shape index (κ3) is 3.51. The van der Waals surface area contributed by atoms with Gasteiger partial charge < -0.3 is 15.0 Å². The molecule has 3 aromatic rings. The second-order valence-electron chi connectivity index (χ2n) is 5.43. The Kier molecular flexibility index (Phi) is 4.71. The Morgan fingerprint density at radius 1 is 1.29 bits per heavy atom. The molecule has 24 heavy (non-hydrogen) atoms. The van der Waals surface area contributed by atoms with Crippen LogP contribution in [0, 0.1) is 5.82 Å². The van der Waals surface area contributed by atoms with Crippen molar-refractivity contribution in [2.24, 2.45) is 0 Å². The molecule has 3 rings (SSSR count). The van der Waals surface area contributed by atoms with Gasteiger partial charge in [-0.2, -0.15) is 0 Å². The highest BCUT2D eigenvalue weighted by atomic mass is 35.5. The van der Waals surface area contributed by atoms with Crippen molar-refractivity contribution in [2.75, 3.05) is 7.11 Å². The van der Waals surface area contributed by atoms with E-state index in [-0.39, 0.29) is 17.4 Å². The molecule has 0 aliphatic rings. The number of carbonyl (C=O) groups excluding carboxylic acids is 1. The maximum absolute atomic E-state index is 13.1. The van der Waals surface area contributed by atoms with Crippen LogP contribution in [0.25, 0.3) is 10.9 Å². The third-order valence-corrected chi connectivity index (χ3v) is 4.09. The Hall–Kier alpha value is -2.53. The molecule has 0 spiro atoms. The summed E-state index contributed by atoms with van der Waals surface area (Å²) >= 11 is 5.73. The highest BCUT2D eigenvalue weighted by molar-refractivity contribution is 6.30. The van der Waals surface area contributed by atoms with E-state index < -0.39 is 5.82 Å². The predicted molar refractivity (Wildman–Crippen MR) is 91.8 cm³/mol. The first-order valence-corrected chi connectivity index (χ1v) is 7.79. The first-order valence-electron chi connectivity index (χ1n) is 7.41. The van der Waals surface area contributed by atoms with E-state index in [1.807, 2.05) is 24.4 Å². The Bertz CT molecular complexity index is 892. The molecule has 0 aliphatic heterocycles. The summed E-state index contributed by atoms with van der Waals surface area (Å²) < 4.78 is 18.3. The zero-order valence-electron chi connectivity index (χ0n) is 13.0. The molecule has 1 amide bonds. The van der Waals surface area contributed by atoms with E-state index in [1.54, 1.807) is 13.2 Å². The van der Waals surface area contributed by atoms with Crippen LogP contribution in [0.1, 0.15) is 11.1 Å². The van der Waals surface area contributed by atoms with Gasteiger partial charge in [0.1, 0.15) is 11.6 Å². The van der Waals surface area contributed by atoms with Crippen LogP contribution >= 0.6 is 11.6 Å². The van der Waals surface area contributed by atoms with Crippen molar-refractivity contribution >= 4 is 28.4 Å². The maximum atomic E-state index is 13.1. The number of carbonyl (C=O) groups is 1. The zero-order chi connectivity index (χ0) is 17.1. The van der Waals surface area contributed by atoms with Crippen LogP contribution in [-0.4, -0.2) is 18.0 Å². The van der Waals surface area contributed by atoms with Gasteiger partial charge in [0, 0.05) is 23.6 Å². The van der Waals surface area contributed by atoms with Crippen LogP contribution in [0.3, 0.4) is 0 Å². The van der Waals surface area contributed by atoms with Crippen LogP contribution in [0.5, 0.6) is 5.75 Å². The van der Waals surface area contributed by atoms with E-state index in [0.29, 0.717) is 6.54 Å². The minimum atomic E-state index is -0.473. The van der Waals surface area contributed by atoms with Gasteiger partial charge in [-0.15, -0.1) is 0 Å². The largest absolute Gasteiger partial charge is 0.497 e. The zero-order valence-corrected chi connectivity index (χ0v) is 13.8. The van der Waals surface area contributed by atoms with Crippen molar-refractivity contribution in [3.8, 4) is 5.75 Å². The van der Waals surface area contributed by atoms with Crippen molar-refractivity contribution in [3.63, 3.8) is 0 Å². The van der Waals surface area contributed by atoms with Gasteiger partial charge in [-0.05, 0) is 41.5 Å². The Balaban J connectivity index is 1.67. The van der Waals surface area contributed by atoms with Gasteiger partial charge in [-0.25, -0.2) is 4.39 Å². The van der Waals surface area contributed by atoms with Crippen molar-refractivity contribution in [1.29, 1.82) is 0 Å². The number of benzene rings is 2. The molecular formula is C18H16ClFN2O2. The number of aromatic amines is 1. The summed E-state index contributed by atoms with van der Waals surface area (Å²) in [4.78, 5) is 15.3. The Morgan fingerprint density at radius 2 is 2.12 bits per heavy atom. The van der Waals surface area contributed by atoms with E-state index in [4.69, 9.17) is 16.3 Å². The van der Waals surface area contributed by atoms with Gasteiger partial charge in [0.15, 0.2) is 0 Å². The summed E-state index contributed by atoms with van der Waals surface area (Å²) in [6.07, 6.45) is 2.06. The van der Waals surface area contributed by atoms with Crippen molar-refractivity contribution < 1.29 is 13.9 Å². The standard InChI is InChI=1S/C18H16ClFN2O2/c1-24-13-3-5-17-14(8-13)12(10-21-17)7-18(23)22-9-11-2-4-16(20)15(19)6-11/h2-6,8,10,21H,7,9H2,1H3,(H,22,23). The highest BCUT2D eigenvalue weighted by Crippen LogP contribution is 2.24. The average Bonchev–Trinajstić information content (AvgIpc) is 2.98.